The SMILES string of the molecule is C=C/C(=C\N=CC)c1cc2c(-c3nc4nccc(-c5cc(C)cc(F)c5)c4[nH]3)n[nH]c2cn1. The molecule has 0 unspecified atom stereocenters. The van der Waals surface area contributed by atoms with Crippen LogP contribution in [0.25, 0.3) is 50.3 Å². The fourth-order valence-electron chi connectivity index (χ4n) is 3.79. The Hall–Kier alpha value is -4.46. The second kappa shape index (κ2) is 8.23. The van der Waals surface area contributed by atoms with E-state index >= 15 is 0 Å². The van der Waals surface area contributed by atoms with Gasteiger partial charge in [0.05, 0.1) is 22.9 Å². The zero-order valence-corrected chi connectivity index (χ0v) is 18.1. The van der Waals surface area contributed by atoms with Crippen molar-refractivity contribution < 1.29 is 4.39 Å². The quantitative estimate of drug-likeness (QED) is 0.275. The van der Waals surface area contributed by atoms with Gasteiger partial charge in [0.1, 0.15) is 11.5 Å². The van der Waals surface area contributed by atoms with Crippen LogP contribution in [0.1, 0.15) is 18.2 Å². The molecule has 1 aromatic carbocycles. The molecule has 0 amide bonds. The summed E-state index contributed by atoms with van der Waals surface area (Å²) in [6, 6.07) is 8.71. The average Bonchev–Trinajstić information content (AvgIpc) is 3.42. The van der Waals surface area contributed by atoms with Gasteiger partial charge in [0.2, 0.25) is 0 Å². The van der Waals surface area contributed by atoms with E-state index in [1.165, 1.54) is 12.1 Å². The number of halogens is 1. The first-order valence-electron chi connectivity index (χ1n) is 10.3. The molecule has 0 fully saturated rings. The Labute approximate surface area is 188 Å². The molecule has 0 aliphatic carbocycles. The van der Waals surface area contributed by atoms with Crippen LogP contribution in [0.5, 0.6) is 0 Å². The highest BCUT2D eigenvalue weighted by molar-refractivity contribution is 5.96. The highest BCUT2D eigenvalue weighted by Gasteiger charge is 2.17. The third kappa shape index (κ3) is 3.71. The van der Waals surface area contributed by atoms with Crippen LogP contribution in [0.3, 0.4) is 0 Å². The molecule has 0 aliphatic rings. The topological polar surface area (TPSA) is 95.5 Å². The van der Waals surface area contributed by atoms with E-state index in [9.17, 15) is 4.39 Å². The minimum Gasteiger partial charge on any atom is -0.335 e. The summed E-state index contributed by atoms with van der Waals surface area (Å²) in [5.41, 5.74) is 6.56. The summed E-state index contributed by atoms with van der Waals surface area (Å²) in [5.74, 6) is 0.267. The first-order valence-corrected chi connectivity index (χ1v) is 10.3. The Morgan fingerprint density at radius 1 is 1.18 bits per heavy atom. The van der Waals surface area contributed by atoms with Gasteiger partial charge in [0, 0.05) is 35.1 Å². The molecule has 0 spiro atoms. The van der Waals surface area contributed by atoms with Crippen LogP contribution in [-0.2, 0) is 0 Å². The number of H-pyrrole nitrogens is 2. The monoisotopic (exact) mass is 437 g/mol. The predicted octanol–water partition coefficient (Wildman–Crippen LogP) is 5.63. The molecule has 162 valence electrons. The van der Waals surface area contributed by atoms with E-state index in [2.05, 4.69) is 41.7 Å². The Kier molecular flexibility index (Phi) is 5.10. The van der Waals surface area contributed by atoms with Gasteiger partial charge < -0.3 is 4.98 Å². The van der Waals surface area contributed by atoms with Gasteiger partial charge in [0.15, 0.2) is 11.5 Å². The predicted molar refractivity (Wildman–Crippen MR) is 129 cm³/mol. The number of allylic oxidation sites excluding steroid dienone is 2. The summed E-state index contributed by atoms with van der Waals surface area (Å²) in [7, 11) is 0. The molecule has 0 radical (unpaired) electrons. The maximum absolute atomic E-state index is 14.0. The van der Waals surface area contributed by atoms with Crippen molar-refractivity contribution in [3.05, 3.63) is 78.7 Å². The summed E-state index contributed by atoms with van der Waals surface area (Å²) >= 11 is 0. The molecule has 0 saturated heterocycles. The normalized spacial score (nSPS) is 12.3. The van der Waals surface area contributed by atoms with Crippen LogP contribution < -0.4 is 0 Å². The van der Waals surface area contributed by atoms with Crippen LogP contribution in [0.4, 0.5) is 4.39 Å². The summed E-state index contributed by atoms with van der Waals surface area (Å²) in [6.45, 7) is 7.57. The highest BCUT2D eigenvalue weighted by Crippen LogP contribution is 2.32. The van der Waals surface area contributed by atoms with E-state index < -0.39 is 0 Å². The van der Waals surface area contributed by atoms with Gasteiger partial charge in [-0.2, -0.15) is 5.10 Å². The molecule has 8 heteroatoms. The lowest BCUT2D eigenvalue weighted by Gasteiger charge is -2.04. The fourth-order valence-corrected chi connectivity index (χ4v) is 3.79. The first kappa shape index (κ1) is 20.4. The average molecular weight is 437 g/mol. The second-order valence-corrected chi connectivity index (χ2v) is 7.54. The van der Waals surface area contributed by atoms with Crippen molar-refractivity contribution in [3.8, 4) is 22.6 Å². The summed E-state index contributed by atoms with van der Waals surface area (Å²) in [6.07, 6.45) is 8.50. The maximum atomic E-state index is 14.0. The number of fused-ring (bicyclic) bond motifs is 2. The van der Waals surface area contributed by atoms with Crippen LogP contribution >= 0.6 is 0 Å². The van der Waals surface area contributed by atoms with Crippen LogP contribution in [0, 0.1) is 12.7 Å². The van der Waals surface area contributed by atoms with Crippen molar-refractivity contribution in [1.29, 1.82) is 0 Å². The third-order valence-corrected chi connectivity index (χ3v) is 5.30. The van der Waals surface area contributed by atoms with Gasteiger partial charge >= 0.3 is 0 Å². The smallest absolute Gasteiger partial charge is 0.178 e. The Bertz CT molecular complexity index is 1550. The van der Waals surface area contributed by atoms with Gasteiger partial charge in [-0.3, -0.25) is 15.1 Å². The Morgan fingerprint density at radius 3 is 2.85 bits per heavy atom. The molecule has 4 heterocycles. The number of aromatic amines is 2. The number of hydrogen-bond donors (Lipinski definition) is 2. The number of aromatic nitrogens is 6. The van der Waals surface area contributed by atoms with Crippen molar-refractivity contribution in [1.82, 2.24) is 30.1 Å². The molecule has 0 atom stereocenters. The largest absolute Gasteiger partial charge is 0.335 e. The van der Waals surface area contributed by atoms with Gasteiger partial charge in [0.25, 0.3) is 0 Å². The highest BCUT2D eigenvalue weighted by atomic mass is 19.1. The number of benzene rings is 1. The van der Waals surface area contributed by atoms with Crippen molar-refractivity contribution in [2.24, 2.45) is 4.99 Å². The van der Waals surface area contributed by atoms with Gasteiger partial charge in [-0.25, -0.2) is 14.4 Å². The van der Waals surface area contributed by atoms with Crippen LogP contribution in [0.2, 0.25) is 0 Å². The molecule has 4 aromatic heterocycles. The molecule has 0 aliphatic heterocycles. The van der Waals surface area contributed by atoms with Crippen molar-refractivity contribution in [2.45, 2.75) is 13.8 Å². The molecular weight excluding hydrogens is 417 g/mol. The van der Waals surface area contributed by atoms with Gasteiger partial charge in [-0.05, 0) is 49.2 Å². The van der Waals surface area contributed by atoms with Crippen molar-refractivity contribution in [2.75, 3.05) is 0 Å². The van der Waals surface area contributed by atoms with E-state index in [0.717, 1.165) is 38.9 Å². The van der Waals surface area contributed by atoms with Crippen molar-refractivity contribution >= 4 is 33.9 Å². The first-order chi connectivity index (χ1) is 16.1. The number of pyridine rings is 2. The number of hydrogen-bond acceptors (Lipinski definition) is 5. The Morgan fingerprint density at radius 2 is 2.06 bits per heavy atom. The molecule has 0 saturated carbocycles. The summed E-state index contributed by atoms with van der Waals surface area (Å²) < 4.78 is 14.0. The number of nitrogens with one attached hydrogen (secondary N) is 2. The molecular formula is C25H20FN7. The molecule has 33 heavy (non-hydrogen) atoms. The minimum absolute atomic E-state index is 0.286. The van der Waals surface area contributed by atoms with Crippen LogP contribution in [-0.4, -0.2) is 36.3 Å². The lowest BCUT2D eigenvalue weighted by Crippen LogP contribution is -1.88. The number of rotatable bonds is 5. The van der Waals surface area contributed by atoms with Crippen LogP contribution in [0.15, 0.2) is 66.6 Å². The molecule has 5 rings (SSSR count). The number of aryl methyl sites for hydroxylation is 1. The second-order valence-electron chi connectivity index (χ2n) is 7.54. The maximum Gasteiger partial charge on any atom is 0.178 e. The van der Waals surface area contributed by atoms with E-state index in [-0.39, 0.29) is 5.82 Å². The molecule has 7 nitrogen and oxygen atoms in total. The van der Waals surface area contributed by atoms with E-state index in [1.807, 2.05) is 32.0 Å². The van der Waals surface area contributed by atoms with E-state index in [1.54, 1.807) is 30.9 Å². The lowest BCUT2D eigenvalue weighted by atomic mass is 10.0. The van der Waals surface area contributed by atoms with Gasteiger partial charge in [-0.15, -0.1) is 0 Å². The van der Waals surface area contributed by atoms with Gasteiger partial charge in [-0.1, -0.05) is 18.7 Å². The number of nitrogens with zero attached hydrogens (tertiary/aromatic N) is 5. The van der Waals surface area contributed by atoms with Crippen molar-refractivity contribution in [3.63, 3.8) is 0 Å². The van der Waals surface area contributed by atoms with E-state index in [4.69, 9.17) is 0 Å². The molecule has 0 bridgehead atoms. The minimum atomic E-state index is -0.286. The summed E-state index contributed by atoms with van der Waals surface area (Å²) in [5, 5.41) is 8.30. The molecule has 5 aromatic rings. The van der Waals surface area contributed by atoms with E-state index in [0.29, 0.717) is 22.7 Å². The fraction of sp³-hybridized carbons (Fsp3) is 0.0800. The zero-order valence-electron chi connectivity index (χ0n) is 18.1. The number of aliphatic imine (C=N–C) groups is 1. The standard InChI is InChI=1S/C25H20FN7/c1-4-15(12-27-5-2)20-11-19-21(13-29-20)32-33-23(19)25-30-22-18(6-7-28-24(22)31-25)16-8-14(3)9-17(26)10-16/h4-13H,1H2,2-3H3,(H,32,33)(H,28,30,31)/b15-12+,27-5?. The third-order valence-electron chi connectivity index (χ3n) is 5.30. The molecule has 2 N–H and O–H groups in total. The Balaban J connectivity index is 1.66. The number of imidazole rings is 1. The zero-order chi connectivity index (χ0) is 22.9. The lowest BCUT2D eigenvalue weighted by molar-refractivity contribution is 0.627. The summed E-state index contributed by atoms with van der Waals surface area (Å²) in [4.78, 5) is 21.0.